The molecule has 2 fully saturated rings. The molecule has 0 radical (unpaired) electrons. The molecular formula is C19H13BrCl2N2O4. The standard InChI is InChI=1S/C19H13BrCl2N2O4/c20-11-3-1-10(2-4-11)18(26)28-15-8-16-17(25)24(19(27)23(16)9-15)14-6-12(21)5-13(22)7-14/h1-7,15-16H,8-9H2/t15-,16?/m0/s1. The maximum atomic E-state index is 12.8. The van der Waals surface area contributed by atoms with Crippen molar-refractivity contribution < 1.29 is 19.1 Å². The zero-order chi connectivity index (χ0) is 20.0. The van der Waals surface area contributed by atoms with E-state index in [1.54, 1.807) is 24.3 Å². The number of rotatable bonds is 3. The minimum absolute atomic E-state index is 0.155. The lowest BCUT2D eigenvalue weighted by molar-refractivity contribution is -0.119. The summed E-state index contributed by atoms with van der Waals surface area (Å²) in [6.45, 7) is 0.155. The second-order valence-electron chi connectivity index (χ2n) is 6.52. The lowest BCUT2D eigenvalue weighted by Gasteiger charge is -2.18. The molecular weight excluding hydrogens is 471 g/mol. The van der Waals surface area contributed by atoms with Crippen molar-refractivity contribution >= 4 is 62.7 Å². The molecule has 0 aromatic heterocycles. The van der Waals surface area contributed by atoms with Gasteiger partial charge in [-0.1, -0.05) is 39.1 Å². The van der Waals surface area contributed by atoms with E-state index >= 15 is 0 Å². The SMILES string of the molecule is O=C(O[C@H]1CC2C(=O)N(c3cc(Cl)cc(Cl)c3)C(=O)N2C1)c1ccc(Br)cc1. The first-order chi connectivity index (χ1) is 13.3. The molecule has 2 atom stereocenters. The molecule has 2 aromatic rings. The van der Waals surface area contributed by atoms with Gasteiger partial charge in [0, 0.05) is 20.9 Å². The molecule has 2 heterocycles. The van der Waals surface area contributed by atoms with Crippen molar-refractivity contribution in [3.05, 3.63) is 62.5 Å². The summed E-state index contributed by atoms with van der Waals surface area (Å²) in [4.78, 5) is 40.3. The third-order valence-electron chi connectivity index (χ3n) is 4.66. The smallest absolute Gasteiger partial charge is 0.338 e. The Morgan fingerprint density at radius 2 is 1.71 bits per heavy atom. The normalized spacial score (nSPS) is 21.2. The largest absolute Gasteiger partial charge is 0.457 e. The molecule has 2 aliphatic heterocycles. The molecule has 0 spiro atoms. The fourth-order valence-electron chi connectivity index (χ4n) is 3.41. The predicted octanol–water partition coefficient (Wildman–Crippen LogP) is 4.52. The summed E-state index contributed by atoms with van der Waals surface area (Å²) in [5.41, 5.74) is 0.730. The number of fused-ring (bicyclic) bond motifs is 1. The van der Waals surface area contributed by atoms with Crippen molar-refractivity contribution in [1.82, 2.24) is 4.90 Å². The molecule has 2 aromatic carbocycles. The van der Waals surface area contributed by atoms with Crippen LogP contribution in [0.1, 0.15) is 16.8 Å². The molecule has 0 saturated carbocycles. The first-order valence-corrected chi connectivity index (χ1v) is 9.95. The minimum atomic E-state index is -0.673. The molecule has 2 aliphatic rings. The van der Waals surface area contributed by atoms with Crippen LogP contribution in [0.3, 0.4) is 0 Å². The van der Waals surface area contributed by atoms with Gasteiger partial charge in [0.05, 0.1) is 17.8 Å². The van der Waals surface area contributed by atoms with Gasteiger partial charge < -0.3 is 9.64 Å². The first kappa shape index (κ1) is 19.2. The summed E-state index contributed by atoms with van der Waals surface area (Å²) >= 11 is 15.3. The number of amides is 3. The zero-order valence-electron chi connectivity index (χ0n) is 14.3. The van der Waals surface area contributed by atoms with Crippen LogP contribution in [0.25, 0.3) is 0 Å². The monoisotopic (exact) mass is 482 g/mol. The molecule has 0 N–H and O–H groups in total. The average Bonchev–Trinajstić information content (AvgIpc) is 3.14. The predicted molar refractivity (Wildman–Crippen MR) is 108 cm³/mol. The van der Waals surface area contributed by atoms with E-state index in [0.29, 0.717) is 21.3 Å². The van der Waals surface area contributed by atoms with Gasteiger partial charge in [-0.25, -0.2) is 14.5 Å². The molecule has 144 valence electrons. The van der Waals surface area contributed by atoms with E-state index in [0.717, 1.165) is 9.37 Å². The Kier molecular flexibility index (Phi) is 5.07. The molecule has 1 unspecified atom stereocenters. The Morgan fingerprint density at radius 1 is 1.07 bits per heavy atom. The molecule has 0 aliphatic carbocycles. The fraction of sp³-hybridized carbons (Fsp3) is 0.211. The minimum Gasteiger partial charge on any atom is -0.457 e. The highest BCUT2D eigenvalue weighted by atomic mass is 79.9. The highest BCUT2D eigenvalue weighted by molar-refractivity contribution is 9.10. The quantitative estimate of drug-likeness (QED) is 0.475. The summed E-state index contributed by atoms with van der Waals surface area (Å²) in [5.74, 6) is -0.873. The van der Waals surface area contributed by atoms with Gasteiger partial charge in [-0.15, -0.1) is 0 Å². The number of imide groups is 1. The topological polar surface area (TPSA) is 66.9 Å². The van der Waals surface area contributed by atoms with Crippen LogP contribution in [-0.2, 0) is 9.53 Å². The number of urea groups is 1. The second-order valence-corrected chi connectivity index (χ2v) is 8.31. The number of ether oxygens (including phenoxy) is 1. The van der Waals surface area contributed by atoms with Crippen molar-refractivity contribution in [3.8, 4) is 0 Å². The third kappa shape index (κ3) is 3.50. The van der Waals surface area contributed by atoms with Crippen molar-refractivity contribution in [1.29, 1.82) is 0 Å². The summed E-state index contributed by atoms with van der Waals surface area (Å²) in [5, 5.41) is 0.660. The Morgan fingerprint density at radius 3 is 2.32 bits per heavy atom. The molecule has 0 bridgehead atoms. The highest BCUT2D eigenvalue weighted by Crippen LogP contribution is 2.35. The van der Waals surface area contributed by atoms with Gasteiger partial charge in [-0.05, 0) is 42.5 Å². The molecule has 4 rings (SSSR count). The van der Waals surface area contributed by atoms with Gasteiger partial charge in [0.15, 0.2) is 0 Å². The van der Waals surface area contributed by atoms with Gasteiger partial charge in [0.25, 0.3) is 5.91 Å². The number of carbonyl (C=O) groups excluding carboxylic acids is 3. The number of benzene rings is 2. The summed E-state index contributed by atoms with van der Waals surface area (Å²) < 4.78 is 6.34. The molecule has 6 nitrogen and oxygen atoms in total. The maximum Gasteiger partial charge on any atom is 0.338 e. The van der Waals surface area contributed by atoms with Gasteiger partial charge in [0.1, 0.15) is 12.1 Å². The summed E-state index contributed by atoms with van der Waals surface area (Å²) in [6.07, 6.45) is -0.295. The van der Waals surface area contributed by atoms with Crippen LogP contribution in [0.5, 0.6) is 0 Å². The number of nitrogens with zero attached hydrogens (tertiary/aromatic N) is 2. The van der Waals surface area contributed by atoms with Crippen molar-refractivity contribution in [2.24, 2.45) is 0 Å². The van der Waals surface area contributed by atoms with E-state index in [1.807, 2.05) is 0 Å². The number of esters is 1. The van der Waals surface area contributed by atoms with Crippen LogP contribution in [0.15, 0.2) is 46.9 Å². The van der Waals surface area contributed by atoms with Crippen LogP contribution in [0.2, 0.25) is 10.0 Å². The third-order valence-corrected chi connectivity index (χ3v) is 5.63. The summed E-state index contributed by atoms with van der Waals surface area (Å²) in [7, 11) is 0. The van der Waals surface area contributed by atoms with Crippen LogP contribution in [0, 0.1) is 0 Å². The Labute approximate surface area is 179 Å². The number of halogens is 3. The van der Waals surface area contributed by atoms with Crippen LogP contribution < -0.4 is 4.90 Å². The van der Waals surface area contributed by atoms with Crippen LogP contribution in [0.4, 0.5) is 10.5 Å². The van der Waals surface area contributed by atoms with Crippen molar-refractivity contribution in [3.63, 3.8) is 0 Å². The van der Waals surface area contributed by atoms with Crippen molar-refractivity contribution in [2.75, 3.05) is 11.4 Å². The average molecular weight is 484 g/mol. The number of hydrogen-bond donors (Lipinski definition) is 0. The maximum absolute atomic E-state index is 12.8. The van der Waals surface area contributed by atoms with E-state index in [-0.39, 0.29) is 18.9 Å². The lowest BCUT2D eigenvalue weighted by Crippen LogP contribution is -2.36. The van der Waals surface area contributed by atoms with Gasteiger partial charge >= 0.3 is 12.0 Å². The summed E-state index contributed by atoms with van der Waals surface area (Å²) in [6, 6.07) is 10.2. The van der Waals surface area contributed by atoms with E-state index < -0.39 is 24.1 Å². The molecule has 28 heavy (non-hydrogen) atoms. The number of hydrogen-bond acceptors (Lipinski definition) is 4. The number of anilines is 1. The molecule has 9 heteroatoms. The van der Waals surface area contributed by atoms with Crippen LogP contribution in [-0.4, -0.2) is 41.5 Å². The second kappa shape index (κ2) is 7.39. The molecule has 2 saturated heterocycles. The van der Waals surface area contributed by atoms with Crippen molar-refractivity contribution in [2.45, 2.75) is 18.6 Å². The lowest BCUT2D eigenvalue weighted by atomic mass is 10.1. The molecule has 3 amide bonds. The van der Waals surface area contributed by atoms with E-state index in [1.165, 1.54) is 23.1 Å². The first-order valence-electron chi connectivity index (χ1n) is 8.40. The number of carbonyl (C=O) groups is 3. The fourth-order valence-corrected chi connectivity index (χ4v) is 4.19. The zero-order valence-corrected chi connectivity index (χ0v) is 17.4. The van der Waals surface area contributed by atoms with E-state index in [4.69, 9.17) is 27.9 Å². The Hall–Kier alpha value is -2.09. The van der Waals surface area contributed by atoms with Gasteiger partial charge in [-0.2, -0.15) is 0 Å². The van der Waals surface area contributed by atoms with Gasteiger partial charge in [0.2, 0.25) is 0 Å². The highest BCUT2D eigenvalue weighted by Gasteiger charge is 2.52. The Bertz CT molecular complexity index is 938. The van der Waals surface area contributed by atoms with Gasteiger partial charge in [-0.3, -0.25) is 4.79 Å². The van der Waals surface area contributed by atoms with Crippen LogP contribution >= 0.6 is 39.1 Å². The van der Waals surface area contributed by atoms with E-state index in [9.17, 15) is 14.4 Å². The Balaban J connectivity index is 1.47. The van der Waals surface area contributed by atoms with E-state index in [2.05, 4.69) is 15.9 Å².